The van der Waals surface area contributed by atoms with Gasteiger partial charge in [-0.15, -0.1) is 0 Å². The molecule has 0 aliphatic heterocycles. The number of aromatic nitrogens is 5. The van der Waals surface area contributed by atoms with E-state index in [0.717, 1.165) is 27.5 Å². The van der Waals surface area contributed by atoms with E-state index in [1.165, 1.54) is 16.2 Å². The minimum Gasteiger partial charge on any atom is -0.314 e. The van der Waals surface area contributed by atoms with Gasteiger partial charge >= 0.3 is 0 Å². The van der Waals surface area contributed by atoms with Gasteiger partial charge in [0.2, 0.25) is 12.4 Å². The molecule has 24 heavy (non-hydrogen) atoms. The lowest BCUT2D eigenvalue weighted by molar-refractivity contribution is 0.130. The van der Waals surface area contributed by atoms with Crippen molar-refractivity contribution in [2.45, 2.75) is 33.2 Å². The van der Waals surface area contributed by atoms with E-state index in [0.29, 0.717) is 5.95 Å². The number of hydrogen-bond acceptors (Lipinski definition) is 6. The fraction of sp³-hybridized carbons (Fsp3) is 0.333. The quantitative estimate of drug-likeness (QED) is 0.732. The van der Waals surface area contributed by atoms with Crippen LogP contribution in [0.3, 0.4) is 0 Å². The Morgan fingerprint density at radius 2 is 2.12 bits per heavy atom. The van der Waals surface area contributed by atoms with Gasteiger partial charge in [-0.3, -0.25) is 4.68 Å². The summed E-state index contributed by atoms with van der Waals surface area (Å²) in [4.78, 5) is 8.78. The zero-order valence-electron chi connectivity index (χ0n) is 13.2. The number of nitrogens with one attached hydrogen (secondary N) is 1. The highest BCUT2D eigenvalue weighted by molar-refractivity contribution is 7.10. The summed E-state index contributed by atoms with van der Waals surface area (Å²) in [5.74, 6) is 0.458. The maximum Gasteiger partial charge on any atom is 0.240 e. The van der Waals surface area contributed by atoms with Gasteiger partial charge in [0, 0.05) is 30.9 Å². The lowest BCUT2D eigenvalue weighted by Gasteiger charge is -2.06. The van der Waals surface area contributed by atoms with Gasteiger partial charge in [0.15, 0.2) is 0 Å². The van der Waals surface area contributed by atoms with Gasteiger partial charge < -0.3 is 5.32 Å². The molecule has 0 aliphatic rings. The van der Waals surface area contributed by atoms with Crippen molar-refractivity contribution < 1.29 is 8.78 Å². The second-order valence-electron chi connectivity index (χ2n) is 5.35. The number of rotatable bonds is 6. The normalized spacial score (nSPS) is 11.2. The molecule has 126 valence electrons. The van der Waals surface area contributed by atoms with Crippen LogP contribution in [0.25, 0.3) is 11.3 Å². The molecule has 0 atom stereocenters. The van der Waals surface area contributed by atoms with E-state index in [4.69, 9.17) is 0 Å². The first-order chi connectivity index (χ1) is 11.5. The number of nitrogens with zero attached hydrogens (tertiary/aromatic N) is 5. The maximum absolute atomic E-state index is 12.3. The fourth-order valence-electron chi connectivity index (χ4n) is 2.17. The van der Waals surface area contributed by atoms with Crippen molar-refractivity contribution in [1.29, 1.82) is 0 Å². The van der Waals surface area contributed by atoms with Crippen LogP contribution in [0.4, 0.5) is 19.7 Å². The van der Waals surface area contributed by atoms with Crippen LogP contribution in [0, 0.1) is 13.8 Å². The monoisotopic (exact) mass is 350 g/mol. The van der Waals surface area contributed by atoms with Gasteiger partial charge in [-0.2, -0.15) is 9.47 Å². The highest BCUT2D eigenvalue weighted by Crippen LogP contribution is 2.24. The van der Waals surface area contributed by atoms with Crippen LogP contribution in [0.5, 0.6) is 0 Å². The highest BCUT2D eigenvalue weighted by Gasteiger charge is 2.11. The van der Waals surface area contributed by atoms with Crippen LogP contribution in [0.1, 0.15) is 17.7 Å². The first-order valence-corrected chi connectivity index (χ1v) is 8.13. The summed E-state index contributed by atoms with van der Waals surface area (Å²) in [6, 6.07) is 1.91. The molecular weight excluding hydrogens is 334 g/mol. The summed E-state index contributed by atoms with van der Waals surface area (Å²) in [6.45, 7) is 3.98. The molecule has 0 radical (unpaired) electrons. The van der Waals surface area contributed by atoms with E-state index in [1.807, 2.05) is 19.9 Å². The average molecular weight is 350 g/mol. The first kappa shape index (κ1) is 16.4. The van der Waals surface area contributed by atoms with Crippen LogP contribution in [-0.2, 0) is 6.54 Å². The minimum absolute atomic E-state index is 0.174. The predicted octanol–water partition coefficient (Wildman–Crippen LogP) is 3.81. The van der Waals surface area contributed by atoms with Crippen LogP contribution < -0.4 is 5.32 Å². The molecule has 3 aromatic heterocycles. The Labute approximate surface area is 141 Å². The lowest BCUT2D eigenvalue weighted by Crippen LogP contribution is -2.02. The molecule has 3 aromatic rings. The van der Waals surface area contributed by atoms with Crippen LogP contribution in [0.2, 0.25) is 0 Å². The first-order valence-electron chi connectivity index (χ1n) is 7.36. The Hall–Kier alpha value is -2.42. The van der Waals surface area contributed by atoms with Crippen molar-refractivity contribution in [3.05, 3.63) is 35.9 Å². The fourth-order valence-corrected chi connectivity index (χ4v) is 2.82. The zero-order valence-corrected chi connectivity index (χ0v) is 14.0. The van der Waals surface area contributed by atoms with E-state index in [-0.39, 0.29) is 13.0 Å². The molecule has 1 N–H and O–H groups in total. The summed E-state index contributed by atoms with van der Waals surface area (Å²) in [5.41, 5.74) is 3.30. The lowest BCUT2D eigenvalue weighted by atomic mass is 10.1. The molecule has 0 unspecified atom stereocenters. The highest BCUT2D eigenvalue weighted by atomic mass is 32.1. The van der Waals surface area contributed by atoms with Gasteiger partial charge in [-0.05, 0) is 37.0 Å². The number of aryl methyl sites for hydroxylation is 3. The van der Waals surface area contributed by atoms with Gasteiger partial charge in [-0.1, -0.05) is 0 Å². The molecule has 3 heterocycles. The van der Waals surface area contributed by atoms with E-state index < -0.39 is 6.43 Å². The van der Waals surface area contributed by atoms with E-state index in [2.05, 4.69) is 24.8 Å². The summed E-state index contributed by atoms with van der Waals surface area (Å²) >= 11 is 1.34. The van der Waals surface area contributed by atoms with Crippen molar-refractivity contribution >= 4 is 22.5 Å². The molecule has 0 aliphatic carbocycles. The van der Waals surface area contributed by atoms with Crippen molar-refractivity contribution in [2.75, 3.05) is 5.32 Å². The molecule has 6 nitrogen and oxygen atoms in total. The Kier molecular flexibility index (Phi) is 4.79. The van der Waals surface area contributed by atoms with Crippen molar-refractivity contribution in [2.24, 2.45) is 0 Å². The van der Waals surface area contributed by atoms with Crippen molar-refractivity contribution in [1.82, 2.24) is 24.1 Å². The standard InChI is InChI=1S/C15H16F2N6S/c1-9-6-18-15(20-13-5-10(2)22-24-13)21-14(9)11-7-19-23(8-11)4-3-12(16)17/h5-8,12H,3-4H2,1-2H3,(H,18,20,21). The topological polar surface area (TPSA) is 68.5 Å². The summed E-state index contributed by atoms with van der Waals surface area (Å²) in [7, 11) is 0. The third-order valence-corrected chi connectivity index (χ3v) is 4.11. The van der Waals surface area contributed by atoms with E-state index in [9.17, 15) is 8.78 Å². The molecule has 0 spiro atoms. The molecular formula is C15H16F2N6S. The van der Waals surface area contributed by atoms with Crippen LogP contribution >= 0.6 is 11.5 Å². The van der Waals surface area contributed by atoms with Gasteiger partial charge in [0.25, 0.3) is 0 Å². The summed E-state index contributed by atoms with van der Waals surface area (Å²) in [5, 5.41) is 8.09. The molecule has 0 bridgehead atoms. The van der Waals surface area contributed by atoms with E-state index >= 15 is 0 Å². The van der Waals surface area contributed by atoms with Gasteiger partial charge in [0.1, 0.15) is 5.00 Å². The minimum atomic E-state index is -2.34. The number of anilines is 2. The molecule has 0 aromatic carbocycles. The molecule has 0 fully saturated rings. The number of halogens is 2. The van der Waals surface area contributed by atoms with Crippen LogP contribution in [0.15, 0.2) is 24.7 Å². The van der Waals surface area contributed by atoms with Crippen molar-refractivity contribution in [3.63, 3.8) is 0 Å². The Bertz CT molecular complexity index is 829. The predicted molar refractivity (Wildman–Crippen MR) is 88.7 cm³/mol. The number of alkyl halides is 2. The molecule has 9 heteroatoms. The summed E-state index contributed by atoms with van der Waals surface area (Å²) < 4.78 is 30.3. The molecule has 0 amide bonds. The maximum atomic E-state index is 12.3. The smallest absolute Gasteiger partial charge is 0.240 e. The Balaban J connectivity index is 1.81. The third-order valence-electron chi connectivity index (χ3n) is 3.32. The SMILES string of the molecule is Cc1cc(Nc2ncc(C)c(-c3cnn(CCC(F)F)c3)n2)sn1. The van der Waals surface area contributed by atoms with E-state index in [1.54, 1.807) is 18.6 Å². The second kappa shape index (κ2) is 7.00. The molecule has 0 saturated carbocycles. The van der Waals surface area contributed by atoms with Crippen molar-refractivity contribution in [3.8, 4) is 11.3 Å². The molecule has 3 rings (SSSR count). The second-order valence-corrected chi connectivity index (χ2v) is 6.16. The Morgan fingerprint density at radius 3 is 2.83 bits per heavy atom. The zero-order chi connectivity index (χ0) is 17.1. The van der Waals surface area contributed by atoms with Gasteiger partial charge in [0.05, 0.1) is 17.6 Å². The third kappa shape index (κ3) is 3.91. The average Bonchev–Trinajstić information content (AvgIpc) is 3.16. The van der Waals surface area contributed by atoms with Crippen LogP contribution in [-0.4, -0.2) is 30.5 Å². The van der Waals surface area contributed by atoms with Gasteiger partial charge in [-0.25, -0.2) is 18.7 Å². The molecule has 0 saturated heterocycles. The summed E-state index contributed by atoms with van der Waals surface area (Å²) in [6.07, 6.45) is 2.51. The number of hydrogen-bond donors (Lipinski definition) is 1. The Morgan fingerprint density at radius 1 is 1.29 bits per heavy atom. The largest absolute Gasteiger partial charge is 0.314 e.